The van der Waals surface area contributed by atoms with E-state index in [1.165, 1.54) is 20.3 Å². The second-order valence-electron chi connectivity index (χ2n) is 3.77. The van der Waals surface area contributed by atoms with E-state index in [0.29, 0.717) is 28.1 Å². The molecule has 0 aliphatic carbocycles. The van der Waals surface area contributed by atoms with Crippen LogP contribution in [0.15, 0.2) is 18.2 Å². The third-order valence-electron chi connectivity index (χ3n) is 2.61. The Kier molecular flexibility index (Phi) is 3.01. The van der Waals surface area contributed by atoms with E-state index in [0.717, 1.165) is 0 Å². The average molecular weight is 248 g/mol. The molecule has 1 aromatic carbocycles. The molecule has 0 unspecified atom stereocenters. The van der Waals surface area contributed by atoms with E-state index in [2.05, 4.69) is 4.98 Å². The van der Waals surface area contributed by atoms with Gasteiger partial charge >= 0.3 is 0 Å². The van der Waals surface area contributed by atoms with E-state index in [4.69, 9.17) is 9.47 Å². The molecular weight excluding hydrogens is 236 g/mol. The van der Waals surface area contributed by atoms with Crippen LogP contribution in [-0.2, 0) is 0 Å². The quantitative estimate of drug-likeness (QED) is 0.616. The standard InChI is InChI=1S/C12H12N2O4/c1-7-4-11(18-3)9-5-8(17-2)6-10(14(15)16)12(9)13-7/h4-6H,1-3H3. The number of ether oxygens (including phenoxy) is 2. The van der Waals surface area contributed by atoms with E-state index in [1.54, 1.807) is 19.1 Å². The zero-order valence-electron chi connectivity index (χ0n) is 10.3. The predicted molar refractivity (Wildman–Crippen MR) is 66.2 cm³/mol. The molecule has 0 fully saturated rings. The van der Waals surface area contributed by atoms with Gasteiger partial charge in [-0.05, 0) is 13.0 Å². The number of pyridine rings is 1. The Balaban J connectivity index is 2.90. The summed E-state index contributed by atoms with van der Waals surface area (Å²) in [5.74, 6) is 0.942. The Bertz CT molecular complexity index is 625. The monoisotopic (exact) mass is 248 g/mol. The van der Waals surface area contributed by atoms with Gasteiger partial charge in [0.05, 0.1) is 30.6 Å². The maximum atomic E-state index is 11.1. The molecule has 6 nitrogen and oxygen atoms in total. The Morgan fingerprint density at radius 2 is 1.94 bits per heavy atom. The van der Waals surface area contributed by atoms with Gasteiger partial charge < -0.3 is 9.47 Å². The first kappa shape index (κ1) is 12.1. The minimum absolute atomic E-state index is 0.0913. The van der Waals surface area contributed by atoms with Crippen molar-refractivity contribution in [1.82, 2.24) is 4.98 Å². The van der Waals surface area contributed by atoms with E-state index >= 15 is 0 Å². The first-order chi connectivity index (χ1) is 8.56. The zero-order chi connectivity index (χ0) is 13.3. The number of hydrogen-bond acceptors (Lipinski definition) is 5. The number of methoxy groups -OCH3 is 2. The highest BCUT2D eigenvalue weighted by Gasteiger charge is 2.18. The number of benzene rings is 1. The topological polar surface area (TPSA) is 74.5 Å². The number of nitro groups is 1. The van der Waals surface area contributed by atoms with Crippen molar-refractivity contribution in [3.63, 3.8) is 0 Å². The highest BCUT2D eigenvalue weighted by molar-refractivity contribution is 5.93. The van der Waals surface area contributed by atoms with E-state index in [1.807, 2.05) is 0 Å². The highest BCUT2D eigenvalue weighted by Crippen LogP contribution is 2.35. The molecule has 1 heterocycles. The van der Waals surface area contributed by atoms with Crippen LogP contribution in [0, 0.1) is 17.0 Å². The lowest BCUT2D eigenvalue weighted by Gasteiger charge is -2.08. The molecule has 18 heavy (non-hydrogen) atoms. The normalized spacial score (nSPS) is 10.4. The number of nitrogens with zero attached hydrogens (tertiary/aromatic N) is 2. The molecule has 2 aromatic rings. The maximum absolute atomic E-state index is 11.1. The Morgan fingerprint density at radius 3 is 2.50 bits per heavy atom. The van der Waals surface area contributed by atoms with Gasteiger partial charge in [-0.3, -0.25) is 10.1 Å². The number of fused-ring (bicyclic) bond motifs is 1. The lowest BCUT2D eigenvalue weighted by atomic mass is 10.1. The molecule has 0 radical (unpaired) electrons. The van der Waals surface area contributed by atoms with Gasteiger partial charge in [-0.25, -0.2) is 4.98 Å². The summed E-state index contributed by atoms with van der Waals surface area (Å²) in [6, 6.07) is 4.76. The number of hydrogen-bond donors (Lipinski definition) is 0. The number of aromatic nitrogens is 1. The van der Waals surface area contributed by atoms with Crippen molar-refractivity contribution < 1.29 is 14.4 Å². The van der Waals surface area contributed by atoms with Crippen LogP contribution in [0.3, 0.4) is 0 Å². The molecule has 6 heteroatoms. The zero-order valence-corrected chi connectivity index (χ0v) is 10.3. The summed E-state index contributed by atoms with van der Waals surface area (Å²) >= 11 is 0. The van der Waals surface area contributed by atoms with Crippen LogP contribution in [0.5, 0.6) is 11.5 Å². The van der Waals surface area contributed by atoms with Gasteiger partial charge in [0.2, 0.25) is 0 Å². The number of aryl methyl sites for hydroxylation is 1. The van der Waals surface area contributed by atoms with Crippen LogP contribution >= 0.6 is 0 Å². The van der Waals surface area contributed by atoms with E-state index in [9.17, 15) is 10.1 Å². The third-order valence-corrected chi connectivity index (χ3v) is 2.61. The third kappa shape index (κ3) is 1.92. The van der Waals surface area contributed by atoms with Crippen LogP contribution in [0.25, 0.3) is 10.9 Å². The molecule has 0 atom stereocenters. The summed E-state index contributed by atoms with van der Waals surface area (Å²) < 4.78 is 10.3. The summed E-state index contributed by atoms with van der Waals surface area (Å²) in [6.45, 7) is 1.76. The van der Waals surface area contributed by atoms with Crippen LogP contribution < -0.4 is 9.47 Å². The largest absolute Gasteiger partial charge is 0.496 e. The van der Waals surface area contributed by atoms with Gasteiger partial charge in [-0.1, -0.05) is 0 Å². The SMILES string of the molecule is COc1cc([N+](=O)[O-])c2nc(C)cc(OC)c2c1. The van der Waals surface area contributed by atoms with Gasteiger partial charge in [0, 0.05) is 11.8 Å². The van der Waals surface area contributed by atoms with Gasteiger partial charge in [0.25, 0.3) is 5.69 Å². The lowest BCUT2D eigenvalue weighted by molar-refractivity contribution is -0.383. The predicted octanol–water partition coefficient (Wildman–Crippen LogP) is 2.47. The van der Waals surface area contributed by atoms with Gasteiger partial charge in [-0.15, -0.1) is 0 Å². The highest BCUT2D eigenvalue weighted by atomic mass is 16.6. The summed E-state index contributed by atoms with van der Waals surface area (Å²) in [5.41, 5.74) is 0.872. The Hall–Kier alpha value is -2.37. The summed E-state index contributed by atoms with van der Waals surface area (Å²) in [4.78, 5) is 14.8. The van der Waals surface area contributed by atoms with Gasteiger partial charge in [0.15, 0.2) is 5.52 Å². The molecule has 94 valence electrons. The van der Waals surface area contributed by atoms with Crippen LogP contribution in [0.1, 0.15) is 5.69 Å². The average Bonchev–Trinajstić information content (AvgIpc) is 2.36. The smallest absolute Gasteiger partial charge is 0.299 e. The summed E-state index contributed by atoms with van der Waals surface area (Å²) in [5, 5.41) is 11.6. The molecule has 0 N–H and O–H groups in total. The van der Waals surface area contributed by atoms with Crippen LogP contribution in [0.4, 0.5) is 5.69 Å². The van der Waals surface area contributed by atoms with Crippen molar-refractivity contribution in [3.05, 3.63) is 34.0 Å². The molecule has 2 rings (SSSR count). The molecule has 0 amide bonds. The molecule has 0 saturated heterocycles. The Morgan fingerprint density at radius 1 is 1.22 bits per heavy atom. The molecule has 0 saturated carbocycles. The lowest BCUT2D eigenvalue weighted by Crippen LogP contribution is -1.97. The summed E-state index contributed by atoms with van der Waals surface area (Å²) in [7, 11) is 2.97. The van der Waals surface area contributed by atoms with Crippen molar-refractivity contribution in [2.75, 3.05) is 14.2 Å². The van der Waals surface area contributed by atoms with Gasteiger partial charge in [-0.2, -0.15) is 0 Å². The first-order valence-corrected chi connectivity index (χ1v) is 5.24. The fraction of sp³-hybridized carbons (Fsp3) is 0.250. The number of non-ortho nitro benzene ring substituents is 1. The molecule has 0 spiro atoms. The minimum atomic E-state index is -0.475. The fourth-order valence-corrected chi connectivity index (χ4v) is 1.80. The fourth-order valence-electron chi connectivity index (χ4n) is 1.80. The van der Waals surface area contributed by atoms with Crippen molar-refractivity contribution in [2.24, 2.45) is 0 Å². The Labute approximate surface area is 103 Å². The van der Waals surface area contributed by atoms with Crippen LogP contribution in [-0.4, -0.2) is 24.1 Å². The second-order valence-corrected chi connectivity index (χ2v) is 3.77. The second kappa shape index (κ2) is 4.48. The maximum Gasteiger partial charge on any atom is 0.299 e. The van der Waals surface area contributed by atoms with Crippen molar-refractivity contribution >= 4 is 16.6 Å². The number of rotatable bonds is 3. The van der Waals surface area contributed by atoms with Gasteiger partial charge in [0.1, 0.15) is 11.5 Å². The van der Waals surface area contributed by atoms with Crippen molar-refractivity contribution in [1.29, 1.82) is 0 Å². The summed E-state index contributed by atoms with van der Waals surface area (Å²) in [6.07, 6.45) is 0. The van der Waals surface area contributed by atoms with Crippen molar-refractivity contribution in [2.45, 2.75) is 6.92 Å². The van der Waals surface area contributed by atoms with Crippen molar-refractivity contribution in [3.8, 4) is 11.5 Å². The molecular formula is C12H12N2O4. The first-order valence-electron chi connectivity index (χ1n) is 5.24. The van der Waals surface area contributed by atoms with E-state index < -0.39 is 4.92 Å². The minimum Gasteiger partial charge on any atom is -0.496 e. The molecule has 0 aliphatic rings. The molecule has 0 bridgehead atoms. The number of nitro benzene ring substituents is 1. The molecule has 1 aromatic heterocycles. The van der Waals surface area contributed by atoms with Crippen LogP contribution in [0.2, 0.25) is 0 Å². The van der Waals surface area contributed by atoms with E-state index in [-0.39, 0.29) is 5.69 Å². The molecule has 0 aliphatic heterocycles.